The summed E-state index contributed by atoms with van der Waals surface area (Å²) >= 11 is 0. The maximum Gasteiger partial charge on any atom is 0.0472 e. The van der Waals surface area contributed by atoms with E-state index in [4.69, 9.17) is 10.9 Å². The summed E-state index contributed by atoms with van der Waals surface area (Å²) in [6.07, 6.45) is 1.03. The topological polar surface area (TPSA) is 58.3 Å². The van der Waals surface area contributed by atoms with Crippen molar-refractivity contribution >= 4 is 0 Å². The van der Waals surface area contributed by atoms with Crippen molar-refractivity contribution < 1.29 is 5.11 Å². The number of nitrogens with two attached hydrogens (primary N) is 1. The van der Waals surface area contributed by atoms with Crippen LogP contribution in [0, 0.1) is 11.8 Å². The van der Waals surface area contributed by atoms with Crippen LogP contribution in [0.2, 0.25) is 0 Å². The molecule has 0 aromatic heterocycles. The highest BCUT2D eigenvalue weighted by Crippen LogP contribution is 2.09. The molecule has 0 amide bonds. The molecule has 0 fully saturated rings. The Kier molecular flexibility index (Phi) is 5.58. The zero-order valence-electron chi connectivity index (χ0n) is 6.80. The third-order valence-corrected chi connectivity index (χ3v) is 1.47. The first-order valence-corrected chi connectivity index (χ1v) is 3.75. The lowest BCUT2D eigenvalue weighted by Gasteiger charge is -2.14. The Balaban J connectivity index is 3.39. The molecule has 0 saturated heterocycles. The van der Waals surface area contributed by atoms with Gasteiger partial charge in [-0.3, -0.25) is 11.3 Å². The first-order valence-electron chi connectivity index (χ1n) is 3.75. The van der Waals surface area contributed by atoms with Crippen molar-refractivity contribution in [1.82, 2.24) is 5.43 Å². The molecular formula is C7H18N2O. The molecule has 62 valence electrons. The first-order chi connectivity index (χ1) is 4.70. The SMILES string of the molecule is CC(C)CC(CO)CNN. The van der Waals surface area contributed by atoms with Gasteiger partial charge in [-0.1, -0.05) is 13.8 Å². The van der Waals surface area contributed by atoms with Crippen LogP contribution in [0.3, 0.4) is 0 Å². The van der Waals surface area contributed by atoms with Crippen molar-refractivity contribution in [2.24, 2.45) is 17.7 Å². The van der Waals surface area contributed by atoms with Gasteiger partial charge in [-0.05, 0) is 18.3 Å². The maximum atomic E-state index is 8.81. The van der Waals surface area contributed by atoms with E-state index < -0.39 is 0 Å². The van der Waals surface area contributed by atoms with Crippen LogP contribution < -0.4 is 11.3 Å². The fourth-order valence-corrected chi connectivity index (χ4v) is 1.06. The van der Waals surface area contributed by atoms with Crippen molar-refractivity contribution in [2.45, 2.75) is 20.3 Å². The summed E-state index contributed by atoms with van der Waals surface area (Å²) in [6, 6.07) is 0. The minimum atomic E-state index is 0.225. The van der Waals surface area contributed by atoms with E-state index in [1.165, 1.54) is 0 Å². The highest BCUT2D eigenvalue weighted by molar-refractivity contribution is 4.60. The second kappa shape index (κ2) is 5.65. The van der Waals surface area contributed by atoms with Gasteiger partial charge < -0.3 is 5.11 Å². The van der Waals surface area contributed by atoms with Crippen LogP contribution >= 0.6 is 0 Å². The molecular weight excluding hydrogens is 128 g/mol. The van der Waals surface area contributed by atoms with Gasteiger partial charge in [-0.2, -0.15) is 0 Å². The van der Waals surface area contributed by atoms with E-state index in [2.05, 4.69) is 19.3 Å². The van der Waals surface area contributed by atoms with Crippen LogP contribution in [0.4, 0.5) is 0 Å². The molecule has 0 spiro atoms. The number of hydrazine groups is 1. The molecule has 0 aliphatic rings. The second-order valence-corrected chi connectivity index (χ2v) is 3.09. The van der Waals surface area contributed by atoms with E-state index in [9.17, 15) is 0 Å². The normalized spacial score (nSPS) is 14.1. The molecule has 0 aromatic carbocycles. The Labute approximate surface area is 62.6 Å². The van der Waals surface area contributed by atoms with E-state index >= 15 is 0 Å². The number of aliphatic hydroxyl groups is 1. The van der Waals surface area contributed by atoms with E-state index in [1.54, 1.807) is 0 Å². The average molecular weight is 146 g/mol. The lowest BCUT2D eigenvalue weighted by atomic mass is 9.98. The molecule has 0 aliphatic heterocycles. The van der Waals surface area contributed by atoms with Crippen molar-refractivity contribution in [3.8, 4) is 0 Å². The molecule has 3 heteroatoms. The minimum Gasteiger partial charge on any atom is -0.396 e. The number of rotatable bonds is 5. The van der Waals surface area contributed by atoms with Crippen molar-refractivity contribution in [3.63, 3.8) is 0 Å². The van der Waals surface area contributed by atoms with Crippen molar-refractivity contribution in [2.75, 3.05) is 13.2 Å². The number of hydrogen-bond acceptors (Lipinski definition) is 3. The summed E-state index contributed by atoms with van der Waals surface area (Å²) in [5, 5.41) is 8.81. The second-order valence-electron chi connectivity index (χ2n) is 3.09. The number of aliphatic hydroxyl groups excluding tert-OH is 1. The van der Waals surface area contributed by atoms with E-state index in [-0.39, 0.29) is 6.61 Å². The molecule has 1 atom stereocenters. The maximum absolute atomic E-state index is 8.81. The van der Waals surface area contributed by atoms with E-state index in [1.807, 2.05) is 0 Å². The van der Waals surface area contributed by atoms with Crippen molar-refractivity contribution in [3.05, 3.63) is 0 Å². The van der Waals surface area contributed by atoms with Crippen LogP contribution in [0.25, 0.3) is 0 Å². The fourth-order valence-electron chi connectivity index (χ4n) is 1.06. The van der Waals surface area contributed by atoms with Crippen LogP contribution in [-0.2, 0) is 0 Å². The van der Waals surface area contributed by atoms with Crippen molar-refractivity contribution in [1.29, 1.82) is 0 Å². The molecule has 0 bridgehead atoms. The molecule has 0 aliphatic carbocycles. The van der Waals surface area contributed by atoms with Gasteiger partial charge >= 0.3 is 0 Å². The van der Waals surface area contributed by atoms with Gasteiger partial charge in [-0.25, -0.2) is 0 Å². The monoisotopic (exact) mass is 146 g/mol. The predicted octanol–water partition coefficient (Wildman–Crippen LogP) is 0.104. The Bertz CT molecular complexity index is 76.0. The zero-order chi connectivity index (χ0) is 7.98. The Morgan fingerprint density at radius 1 is 1.50 bits per heavy atom. The Morgan fingerprint density at radius 3 is 2.40 bits per heavy atom. The van der Waals surface area contributed by atoms with E-state index in [0.717, 1.165) is 6.42 Å². The minimum absolute atomic E-state index is 0.225. The molecule has 1 unspecified atom stereocenters. The molecule has 0 heterocycles. The quantitative estimate of drug-likeness (QED) is 0.381. The lowest BCUT2D eigenvalue weighted by molar-refractivity contribution is 0.203. The molecule has 0 rings (SSSR count). The Morgan fingerprint density at radius 2 is 2.10 bits per heavy atom. The summed E-state index contributed by atoms with van der Waals surface area (Å²) in [5.74, 6) is 6.06. The molecule has 0 saturated carbocycles. The standard InChI is InChI=1S/C7H18N2O/c1-6(2)3-7(5-10)4-9-8/h6-7,9-10H,3-5,8H2,1-2H3. The molecule has 0 radical (unpaired) electrons. The third-order valence-electron chi connectivity index (χ3n) is 1.47. The van der Waals surface area contributed by atoms with Gasteiger partial charge in [0.1, 0.15) is 0 Å². The third kappa shape index (κ3) is 4.73. The lowest BCUT2D eigenvalue weighted by Crippen LogP contribution is -2.31. The largest absolute Gasteiger partial charge is 0.396 e. The first kappa shape index (κ1) is 9.88. The van der Waals surface area contributed by atoms with Crippen LogP contribution in [0.15, 0.2) is 0 Å². The van der Waals surface area contributed by atoms with Crippen LogP contribution in [-0.4, -0.2) is 18.3 Å². The van der Waals surface area contributed by atoms with Crippen LogP contribution in [0.5, 0.6) is 0 Å². The fraction of sp³-hybridized carbons (Fsp3) is 1.00. The van der Waals surface area contributed by atoms with Gasteiger partial charge in [0, 0.05) is 13.2 Å². The summed E-state index contributed by atoms with van der Waals surface area (Å²) < 4.78 is 0. The van der Waals surface area contributed by atoms with Gasteiger partial charge in [0.15, 0.2) is 0 Å². The van der Waals surface area contributed by atoms with Gasteiger partial charge in [-0.15, -0.1) is 0 Å². The van der Waals surface area contributed by atoms with Gasteiger partial charge in [0.05, 0.1) is 0 Å². The number of nitrogens with one attached hydrogen (secondary N) is 1. The van der Waals surface area contributed by atoms with Crippen LogP contribution in [0.1, 0.15) is 20.3 Å². The van der Waals surface area contributed by atoms with E-state index in [0.29, 0.717) is 18.4 Å². The summed E-state index contributed by atoms with van der Waals surface area (Å²) in [5.41, 5.74) is 2.56. The summed E-state index contributed by atoms with van der Waals surface area (Å²) in [6.45, 7) is 5.20. The summed E-state index contributed by atoms with van der Waals surface area (Å²) in [7, 11) is 0. The summed E-state index contributed by atoms with van der Waals surface area (Å²) in [4.78, 5) is 0. The smallest absolute Gasteiger partial charge is 0.0472 e. The molecule has 10 heavy (non-hydrogen) atoms. The highest BCUT2D eigenvalue weighted by Gasteiger charge is 2.07. The number of hydrogen-bond donors (Lipinski definition) is 3. The average Bonchev–Trinajstić information content (AvgIpc) is 1.86. The molecule has 0 aromatic rings. The van der Waals surface area contributed by atoms with Gasteiger partial charge in [0.2, 0.25) is 0 Å². The Hall–Kier alpha value is -0.120. The predicted molar refractivity (Wildman–Crippen MR) is 42.2 cm³/mol. The highest BCUT2D eigenvalue weighted by atomic mass is 16.3. The molecule has 3 nitrogen and oxygen atoms in total. The van der Waals surface area contributed by atoms with Gasteiger partial charge in [0.25, 0.3) is 0 Å². The molecule has 4 N–H and O–H groups in total. The zero-order valence-corrected chi connectivity index (χ0v) is 6.80.